The molecular weight excluding hydrogens is 268 g/mol. The summed E-state index contributed by atoms with van der Waals surface area (Å²) in [6.07, 6.45) is -0.277. The summed E-state index contributed by atoms with van der Waals surface area (Å²) in [5.74, 6) is 1.18. The normalized spacial score (nSPS) is 20.0. The third kappa shape index (κ3) is 2.32. The largest absolute Gasteiger partial charge is 0.504 e. The number of aryl methyl sites for hydroxylation is 1. The highest BCUT2D eigenvalue weighted by Crippen LogP contribution is 2.47. The molecule has 1 aliphatic heterocycles. The molecule has 0 spiro atoms. The molecule has 110 valence electrons. The van der Waals surface area contributed by atoms with Gasteiger partial charge in [-0.3, -0.25) is 0 Å². The predicted molar refractivity (Wildman–Crippen MR) is 79.0 cm³/mol. The average Bonchev–Trinajstić information content (AvgIpc) is 2.85. The van der Waals surface area contributed by atoms with E-state index in [4.69, 9.17) is 9.47 Å². The van der Waals surface area contributed by atoms with Gasteiger partial charge in [0.25, 0.3) is 0 Å². The Labute approximate surface area is 123 Å². The van der Waals surface area contributed by atoms with Crippen molar-refractivity contribution >= 4 is 0 Å². The van der Waals surface area contributed by atoms with E-state index in [0.717, 1.165) is 22.4 Å². The molecule has 0 fully saturated rings. The monoisotopic (exact) mass is 286 g/mol. The maximum absolute atomic E-state index is 9.76. The molecule has 4 nitrogen and oxygen atoms in total. The second kappa shape index (κ2) is 5.30. The zero-order valence-corrected chi connectivity index (χ0v) is 12.0. The number of rotatable bonds is 3. The average molecular weight is 286 g/mol. The number of fused-ring (bicyclic) bond motifs is 1. The van der Waals surface area contributed by atoms with Crippen LogP contribution in [0.4, 0.5) is 0 Å². The van der Waals surface area contributed by atoms with E-state index in [1.54, 1.807) is 18.2 Å². The van der Waals surface area contributed by atoms with Crippen LogP contribution in [0.1, 0.15) is 28.7 Å². The lowest BCUT2D eigenvalue weighted by atomic mass is 9.91. The van der Waals surface area contributed by atoms with E-state index in [2.05, 4.69) is 0 Å². The molecule has 0 saturated heterocycles. The minimum absolute atomic E-state index is 0.00428. The van der Waals surface area contributed by atoms with E-state index in [-0.39, 0.29) is 24.4 Å². The summed E-state index contributed by atoms with van der Waals surface area (Å²) in [5.41, 5.74) is 3.03. The molecule has 0 aliphatic carbocycles. The molecule has 4 heteroatoms. The number of hydrogen-bond acceptors (Lipinski definition) is 4. The minimum atomic E-state index is -0.277. The third-order valence-electron chi connectivity index (χ3n) is 3.91. The number of phenolic OH excluding ortho intramolecular Hbond substituents is 1. The lowest BCUT2D eigenvalue weighted by Gasteiger charge is -2.18. The molecule has 1 heterocycles. The van der Waals surface area contributed by atoms with Gasteiger partial charge in [-0.1, -0.05) is 23.8 Å². The molecule has 2 aromatic rings. The number of benzene rings is 2. The van der Waals surface area contributed by atoms with E-state index in [9.17, 15) is 10.2 Å². The van der Waals surface area contributed by atoms with Gasteiger partial charge in [0.15, 0.2) is 11.5 Å². The van der Waals surface area contributed by atoms with E-state index < -0.39 is 0 Å². The molecular formula is C17H18O4. The summed E-state index contributed by atoms with van der Waals surface area (Å²) in [6.45, 7) is 2.02. The van der Waals surface area contributed by atoms with Gasteiger partial charge in [-0.25, -0.2) is 0 Å². The number of phenols is 1. The fourth-order valence-electron chi connectivity index (χ4n) is 2.81. The molecule has 21 heavy (non-hydrogen) atoms. The molecule has 1 aliphatic rings. The highest BCUT2D eigenvalue weighted by Gasteiger charge is 2.35. The SMILES string of the molecule is COc1cc([C@@H]2Oc3ccc(C)cc3C2CO)ccc1O. The molecule has 2 atom stereocenters. The summed E-state index contributed by atoms with van der Waals surface area (Å²) in [6, 6.07) is 11.1. The van der Waals surface area contributed by atoms with Gasteiger partial charge < -0.3 is 19.7 Å². The predicted octanol–water partition coefficient (Wildman–Crippen LogP) is 2.92. The van der Waals surface area contributed by atoms with Crippen molar-refractivity contribution in [1.29, 1.82) is 0 Å². The summed E-state index contributed by atoms with van der Waals surface area (Å²) in [4.78, 5) is 0. The van der Waals surface area contributed by atoms with Gasteiger partial charge in [0.1, 0.15) is 11.9 Å². The molecule has 2 N–H and O–H groups in total. The Balaban J connectivity index is 2.01. The Morgan fingerprint density at radius 2 is 2.00 bits per heavy atom. The number of hydrogen-bond donors (Lipinski definition) is 2. The van der Waals surface area contributed by atoms with Crippen LogP contribution in [-0.2, 0) is 0 Å². The molecule has 0 amide bonds. The summed E-state index contributed by atoms with van der Waals surface area (Å²) in [5, 5.41) is 19.5. The van der Waals surface area contributed by atoms with Crippen molar-refractivity contribution in [3.05, 3.63) is 53.1 Å². The van der Waals surface area contributed by atoms with Gasteiger partial charge in [0.2, 0.25) is 0 Å². The highest BCUT2D eigenvalue weighted by atomic mass is 16.5. The second-order valence-corrected chi connectivity index (χ2v) is 5.30. The van der Waals surface area contributed by atoms with Crippen LogP contribution >= 0.6 is 0 Å². The molecule has 0 saturated carbocycles. The van der Waals surface area contributed by atoms with E-state index in [0.29, 0.717) is 5.75 Å². The molecule has 3 rings (SSSR count). The van der Waals surface area contributed by atoms with Crippen molar-refractivity contribution < 1.29 is 19.7 Å². The first kappa shape index (κ1) is 13.8. The van der Waals surface area contributed by atoms with Crippen LogP contribution in [0.3, 0.4) is 0 Å². The Morgan fingerprint density at radius 1 is 1.19 bits per heavy atom. The molecule has 0 aromatic heterocycles. The minimum Gasteiger partial charge on any atom is -0.504 e. The second-order valence-electron chi connectivity index (χ2n) is 5.30. The smallest absolute Gasteiger partial charge is 0.160 e. The van der Waals surface area contributed by atoms with Crippen LogP contribution in [0.15, 0.2) is 36.4 Å². The maximum Gasteiger partial charge on any atom is 0.160 e. The first-order valence-electron chi connectivity index (χ1n) is 6.89. The van der Waals surface area contributed by atoms with Crippen LogP contribution in [0, 0.1) is 6.92 Å². The van der Waals surface area contributed by atoms with Gasteiger partial charge in [-0.05, 0) is 30.7 Å². The van der Waals surface area contributed by atoms with Crippen molar-refractivity contribution in [2.45, 2.75) is 18.9 Å². The summed E-state index contributed by atoms with van der Waals surface area (Å²) in [7, 11) is 1.51. The summed E-state index contributed by atoms with van der Waals surface area (Å²) >= 11 is 0. The standard InChI is InChI=1S/C17H18O4/c1-10-3-6-15-12(7-10)13(9-18)17(21-15)11-4-5-14(19)16(8-11)20-2/h3-8,13,17-19H,9H2,1-2H3/t13?,17-/m0/s1. The Morgan fingerprint density at radius 3 is 2.71 bits per heavy atom. The number of aliphatic hydroxyl groups is 1. The van der Waals surface area contributed by atoms with Crippen LogP contribution in [0.25, 0.3) is 0 Å². The molecule has 1 unspecified atom stereocenters. The van der Waals surface area contributed by atoms with Crippen LogP contribution in [0.5, 0.6) is 17.2 Å². The zero-order chi connectivity index (χ0) is 15.0. The lowest BCUT2D eigenvalue weighted by Crippen LogP contribution is -2.13. The van der Waals surface area contributed by atoms with Crippen molar-refractivity contribution in [2.24, 2.45) is 0 Å². The topological polar surface area (TPSA) is 58.9 Å². The number of ether oxygens (including phenoxy) is 2. The molecule has 0 radical (unpaired) electrons. The number of aromatic hydroxyl groups is 1. The van der Waals surface area contributed by atoms with Crippen LogP contribution in [0.2, 0.25) is 0 Å². The van der Waals surface area contributed by atoms with E-state index in [1.807, 2.05) is 25.1 Å². The Bertz CT molecular complexity index is 666. The van der Waals surface area contributed by atoms with Crippen molar-refractivity contribution in [3.8, 4) is 17.2 Å². The Hall–Kier alpha value is -2.20. The van der Waals surface area contributed by atoms with Gasteiger partial charge in [0.05, 0.1) is 19.6 Å². The zero-order valence-electron chi connectivity index (χ0n) is 12.0. The van der Waals surface area contributed by atoms with Crippen molar-refractivity contribution in [2.75, 3.05) is 13.7 Å². The van der Waals surface area contributed by atoms with Crippen LogP contribution < -0.4 is 9.47 Å². The van der Waals surface area contributed by atoms with E-state index in [1.165, 1.54) is 7.11 Å². The van der Waals surface area contributed by atoms with Crippen LogP contribution in [-0.4, -0.2) is 23.9 Å². The molecule has 0 bridgehead atoms. The number of methoxy groups -OCH3 is 1. The van der Waals surface area contributed by atoms with Gasteiger partial charge >= 0.3 is 0 Å². The fourth-order valence-corrected chi connectivity index (χ4v) is 2.81. The van der Waals surface area contributed by atoms with Crippen molar-refractivity contribution in [3.63, 3.8) is 0 Å². The van der Waals surface area contributed by atoms with Crippen molar-refractivity contribution in [1.82, 2.24) is 0 Å². The first-order valence-corrected chi connectivity index (χ1v) is 6.89. The maximum atomic E-state index is 9.76. The lowest BCUT2D eigenvalue weighted by molar-refractivity contribution is 0.159. The van der Waals surface area contributed by atoms with Gasteiger partial charge in [0, 0.05) is 5.56 Å². The van der Waals surface area contributed by atoms with Gasteiger partial charge in [-0.2, -0.15) is 0 Å². The fraction of sp³-hybridized carbons (Fsp3) is 0.294. The number of aliphatic hydroxyl groups excluding tert-OH is 1. The van der Waals surface area contributed by atoms with Gasteiger partial charge in [-0.15, -0.1) is 0 Å². The third-order valence-corrected chi connectivity index (χ3v) is 3.91. The first-order chi connectivity index (χ1) is 10.1. The molecule has 2 aromatic carbocycles. The quantitative estimate of drug-likeness (QED) is 0.911. The highest BCUT2D eigenvalue weighted by molar-refractivity contribution is 5.48. The summed E-state index contributed by atoms with van der Waals surface area (Å²) < 4.78 is 11.1. The Kier molecular flexibility index (Phi) is 3.47. The van der Waals surface area contributed by atoms with E-state index >= 15 is 0 Å².